The smallest absolute Gasteiger partial charge is 0.282 e. The first-order chi connectivity index (χ1) is 12.1. The predicted octanol–water partition coefficient (Wildman–Crippen LogP) is 3.45. The maximum absolute atomic E-state index is 12.7. The molecule has 4 rings (SSSR count). The van der Waals surface area contributed by atoms with E-state index in [1.165, 1.54) is 10.9 Å². The summed E-state index contributed by atoms with van der Waals surface area (Å²) in [6, 6.07) is 18.3. The van der Waals surface area contributed by atoms with E-state index in [2.05, 4.69) is 10.1 Å². The molecule has 0 fully saturated rings. The largest absolute Gasteiger partial charge is 0.507 e. The lowest BCUT2D eigenvalue weighted by molar-refractivity contribution is 0.475. The lowest BCUT2D eigenvalue weighted by Crippen LogP contribution is -2.20. The van der Waals surface area contributed by atoms with Gasteiger partial charge in [-0.25, -0.2) is 4.98 Å². The Labute approximate surface area is 143 Å². The second kappa shape index (κ2) is 5.87. The molecule has 5 heteroatoms. The molecule has 3 aromatic carbocycles. The van der Waals surface area contributed by atoms with E-state index in [0.29, 0.717) is 22.3 Å². The van der Waals surface area contributed by atoms with Crippen LogP contribution < -0.4 is 5.56 Å². The van der Waals surface area contributed by atoms with Gasteiger partial charge in [-0.3, -0.25) is 4.79 Å². The Kier molecular flexibility index (Phi) is 3.54. The molecule has 0 aliphatic carbocycles. The minimum atomic E-state index is -0.237. The van der Waals surface area contributed by atoms with E-state index in [4.69, 9.17) is 0 Å². The third kappa shape index (κ3) is 2.55. The van der Waals surface area contributed by atoms with E-state index in [1.54, 1.807) is 31.2 Å². The van der Waals surface area contributed by atoms with Crippen LogP contribution in [0.3, 0.4) is 0 Å². The van der Waals surface area contributed by atoms with Gasteiger partial charge in [0.2, 0.25) is 0 Å². The van der Waals surface area contributed by atoms with Crippen molar-refractivity contribution in [1.29, 1.82) is 0 Å². The summed E-state index contributed by atoms with van der Waals surface area (Å²) in [5.41, 5.74) is 0.973. The second-order valence-corrected chi connectivity index (χ2v) is 5.76. The fourth-order valence-corrected chi connectivity index (χ4v) is 2.91. The molecule has 122 valence electrons. The first-order valence-electron chi connectivity index (χ1n) is 7.88. The summed E-state index contributed by atoms with van der Waals surface area (Å²) in [7, 11) is 0. The van der Waals surface area contributed by atoms with Crippen LogP contribution in [-0.2, 0) is 0 Å². The molecule has 0 saturated carbocycles. The summed E-state index contributed by atoms with van der Waals surface area (Å²) in [5, 5.41) is 16.9. The van der Waals surface area contributed by atoms with Gasteiger partial charge < -0.3 is 5.11 Å². The molecule has 25 heavy (non-hydrogen) atoms. The van der Waals surface area contributed by atoms with Gasteiger partial charge in [0, 0.05) is 5.56 Å². The van der Waals surface area contributed by atoms with E-state index >= 15 is 0 Å². The van der Waals surface area contributed by atoms with Crippen molar-refractivity contribution >= 4 is 27.9 Å². The lowest BCUT2D eigenvalue weighted by Gasteiger charge is -2.07. The van der Waals surface area contributed by atoms with E-state index in [-0.39, 0.29) is 11.3 Å². The molecule has 0 atom stereocenters. The highest BCUT2D eigenvalue weighted by molar-refractivity contribution is 6.02. The maximum Gasteiger partial charge on any atom is 0.282 e. The molecule has 1 aromatic heterocycles. The number of aryl methyl sites for hydroxylation is 1. The first kappa shape index (κ1) is 15.1. The summed E-state index contributed by atoms with van der Waals surface area (Å²) in [6.45, 7) is 1.73. The summed E-state index contributed by atoms with van der Waals surface area (Å²) in [6.07, 6.45) is 1.50. The van der Waals surface area contributed by atoms with Gasteiger partial charge in [0.25, 0.3) is 5.56 Å². The number of hydrogen-bond acceptors (Lipinski definition) is 4. The first-order valence-corrected chi connectivity index (χ1v) is 7.88. The number of rotatable bonds is 2. The fraction of sp³-hybridized carbons (Fsp3) is 0.0500. The van der Waals surface area contributed by atoms with Crippen molar-refractivity contribution in [1.82, 2.24) is 9.66 Å². The zero-order chi connectivity index (χ0) is 17.4. The van der Waals surface area contributed by atoms with Crippen molar-refractivity contribution in [3.63, 3.8) is 0 Å². The Morgan fingerprint density at radius 2 is 1.72 bits per heavy atom. The molecular formula is C20H15N3O2. The minimum absolute atomic E-state index is 0.113. The van der Waals surface area contributed by atoms with E-state index in [9.17, 15) is 9.90 Å². The van der Waals surface area contributed by atoms with Gasteiger partial charge >= 0.3 is 0 Å². The molecule has 5 nitrogen and oxygen atoms in total. The number of phenols is 1. The van der Waals surface area contributed by atoms with Crippen LogP contribution in [0.2, 0.25) is 0 Å². The van der Waals surface area contributed by atoms with Crippen LogP contribution in [0.1, 0.15) is 11.4 Å². The Balaban J connectivity index is 1.90. The number of nitrogens with zero attached hydrogens (tertiary/aromatic N) is 3. The molecule has 0 spiro atoms. The number of benzene rings is 3. The van der Waals surface area contributed by atoms with Crippen molar-refractivity contribution in [2.24, 2.45) is 5.10 Å². The van der Waals surface area contributed by atoms with Crippen LogP contribution in [0.25, 0.3) is 21.7 Å². The average molecular weight is 329 g/mol. The molecule has 0 bridgehead atoms. The average Bonchev–Trinajstić information content (AvgIpc) is 2.63. The Hall–Kier alpha value is -3.47. The number of para-hydroxylation sites is 1. The van der Waals surface area contributed by atoms with Gasteiger partial charge in [-0.2, -0.15) is 9.78 Å². The van der Waals surface area contributed by atoms with Crippen LogP contribution in [0, 0.1) is 6.92 Å². The van der Waals surface area contributed by atoms with E-state index in [0.717, 1.165) is 10.8 Å². The number of hydrogen-bond donors (Lipinski definition) is 1. The van der Waals surface area contributed by atoms with Crippen molar-refractivity contribution in [2.75, 3.05) is 0 Å². The Morgan fingerprint density at radius 1 is 1.00 bits per heavy atom. The highest BCUT2D eigenvalue weighted by atomic mass is 16.3. The lowest BCUT2D eigenvalue weighted by atomic mass is 10.0. The highest BCUT2D eigenvalue weighted by Gasteiger charge is 2.08. The Morgan fingerprint density at radius 3 is 2.56 bits per heavy atom. The molecule has 4 aromatic rings. The topological polar surface area (TPSA) is 67.5 Å². The maximum atomic E-state index is 12.7. The molecule has 0 amide bonds. The van der Waals surface area contributed by atoms with Gasteiger partial charge in [0.1, 0.15) is 11.6 Å². The SMILES string of the molecule is Cc1nc2ccccc2c(=O)n1N=Cc1c(O)ccc2ccccc12. The third-order valence-electron chi connectivity index (χ3n) is 4.17. The van der Waals surface area contributed by atoms with Gasteiger partial charge in [-0.15, -0.1) is 0 Å². The fourth-order valence-electron chi connectivity index (χ4n) is 2.91. The number of aromatic nitrogens is 2. The molecule has 0 unspecified atom stereocenters. The molecular weight excluding hydrogens is 314 g/mol. The van der Waals surface area contributed by atoms with Crippen LogP contribution in [0.4, 0.5) is 0 Å². The van der Waals surface area contributed by atoms with Crippen LogP contribution in [0.5, 0.6) is 5.75 Å². The summed E-state index contributed by atoms with van der Waals surface area (Å²) >= 11 is 0. The molecule has 0 aliphatic heterocycles. The Bertz CT molecular complexity index is 1190. The van der Waals surface area contributed by atoms with Crippen LogP contribution in [0.15, 0.2) is 70.6 Å². The highest BCUT2D eigenvalue weighted by Crippen LogP contribution is 2.25. The van der Waals surface area contributed by atoms with Crippen molar-refractivity contribution in [2.45, 2.75) is 6.92 Å². The van der Waals surface area contributed by atoms with Crippen LogP contribution in [-0.4, -0.2) is 21.0 Å². The molecule has 0 aliphatic rings. The minimum Gasteiger partial charge on any atom is -0.507 e. The predicted molar refractivity (Wildman–Crippen MR) is 99.3 cm³/mol. The zero-order valence-electron chi connectivity index (χ0n) is 13.5. The monoisotopic (exact) mass is 329 g/mol. The van der Waals surface area contributed by atoms with Crippen molar-refractivity contribution in [3.05, 3.63) is 82.4 Å². The number of fused-ring (bicyclic) bond motifs is 2. The number of aromatic hydroxyl groups is 1. The van der Waals surface area contributed by atoms with Crippen molar-refractivity contribution < 1.29 is 5.11 Å². The van der Waals surface area contributed by atoms with E-state index in [1.807, 2.05) is 36.4 Å². The molecule has 1 N–H and O–H groups in total. The second-order valence-electron chi connectivity index (χ2n) is 5.76. The number of phenolic OH excluding ortho intramolecular Hbond substituents is 1. The molecule has 0 saturated heterocycles. The summed E-state index contributed by atoms with van der Waals surface area (Å²) in [5.74, 6) is 0.599. The molecule has 0 radical (unpaired) electrons. The standard InChI is InChI=1S/C20H15N3O2/c1-13-22-18-9-5-4-8-16(18)20(25)23(13)21-12-17-15-7-3-2-6-14(15)10-11-19(17)24/h2-12,24H,1H3. The van der Waals surface area contributed by atoms with Gasteiger partial charge in [0.05, 0.1) is 17.1 Å². The van der Waals surface area contributed by atoms with Crippen LogP contribution >= 0.6 is 0 Å². The van der Waals surface area contributed by atoms with E-state index < -0.39 is 0 Å². The molecule has 1 heterocycles. The van der Waals surface area contributed by atoms with Crippen molar-refractivity contribution in [3.8, 4) is 5.75 Å². The summed E-state index contributed by atoms with van der Waals surface area (Å²) < 4.78 is 1.25. The zero-order valence-corrected chi connectivity index (χ0v) is 13.5. The normalized spacial score (nSPS) is 11.6. The van der Waals surface area contributed by atoms with Gasteiger partial charge in [0.15, 0.2) is 0 Å². The van der Waals surface area contributed by atoms with Gasteiger partial charge in [-0.1, -0.05) is 42.5 Å². The quantitative estimate of drug-likeness (QED) is 0.573. The third-order valence-corrected chi connectivity index (χ3v) is 4.17. The van der Waals surface area contributed by atoms with Gasteiger partial charge in [-0.05, 0) is 35.9 Å². The summed E-state index contributed by atoms with van der Waals surface area (Å²) in [4.78, 5) is 17.1.